The van der Waals surface area contributed by atoms with Crippen LogP contribution in [-0.2, 0) is 0 Å². The quantitative estimate of drug-likeness (QED) is 0.844. The molecule has 4 heteroatoms. The van der Waals surface area contributed by atoms with Crippen LogP contribution in [-0.4, -0.2) is 17.4 Å². The Morgan fingerprint density at radius 2 is 1.78 bits per heavy atom. The van der Waals surface area contributed by atoms with Gasteiger partial charge in [0, 0.05) is 11.1 Å². The highest BCUT2D eigenvalue weighted by molar-refractivity contribution is 5.88. The first-order valence-electron chi connectivity index (χ1n) is 5.20. The highest BCUT2D eigenvalue weighted by Gasteiger charge is 2.08. The number of hydrogen-bond donors (Lipinski definition) is 1. The molecular formula is C14H9FO3. The SMILES string of the molecule is O=Cc1ccc(F)c(-c2ccc(C(=O)O)cc2)c1. The Hall–Kier alpha value is -2.49. The fraction of sp³-hybridized carbons (Fsp3) is 0. The molecule has 3 nitrogen and oxygen atoms in total. The molecule has 0 aliphatic heterocycles. The minimum atomic E-state index is -1.04. The molecule has 1 N–H and O–H groups in total. The normalized spacial score (nSPS) is 10.1. The maximum atomic E-state index is 13.6. The van der Waals surface area contributed by atoms with Crippen LogP contribution in [0.5, 0.6) is 0 Å². The van der Waals surface area contributed by atoms with E-state index in [1.165, 1.54) is 42.5 Å². The standard InChI is InChI=1S/C14H9FO3/c15-13-6-1-9(8-16)7-12(13)10-2-4-11(5-3-10)14(17)18/h1-8H,(H,17,18). The lowest BCUT2D eigenvalue weighted by atomic mass is 10.0. The zero-order valence-corrected chi connectivity index (χ0v) is 9.26. The molecule has 2 aromatic carbocycles. The molecule has 0 bridgehead atoms. The molecule has 0 atom stereocenters. The van der Waals surface area contributed by atoms with Crippen LogP contribution in [0.15, 0.2) is 42.5 Å². The lowest BCUT2D eigenvalue weighted by Crippen LogP contribution is -1.95. The first-order chi connectivity index (χ1) is 8.61. The summed E-state index contributed by atoms with van der Waals surface area (Å²) in [6, 6.07) is 9.84. The van der Waals surface area contributed by atoms with Crippen LogP contribution >= 0.6 is 0 Å². The Kier molecular flexibility index (Phi) is 3.19. The van der Waals surface area contributed by atoms with E-state index in [1.54, 1.807) is 0 Å². The van der Waals surface area contributed by atoms with Crippen molar-refractivity contribution < 1.29 is 19.1 Å². The molecule has 0 saturated heterocycles. The third-order valence-electron chi connectivity index (χ3n) is 2.57. The zero-order valence-electron chi connectivity index (χ0n) is 9.26. The zero-order chi connectivity index (χ0) is 13.1. The summed E-state index contributed by atoms with van der Waals surface area (Å²) in [6.45, 7) is 0. The molecule has 0 aliphatic rings. The van der Waals surface area contributed by atoms with Crippen LogP contribution in [0.3, 0.4) is 0 Å². The summed E-state index contributed by atoms with van der Waals surface area (Å²) < 4.78 is 13.6. The molecule has 90 valence electrons. The molecule has 2 rings (SSSR count). The first kappa shape index (κ1) is 12.0. The molecule has 18 heavy (non-hydrogen) atoms. The summed E-state index contributed by atoms with van der Waals surface area (Å²) in [4.78, 5) is 21.3. The minimum absolute atomic E-state index is 0.130. The highest BCUT2D eigenvalue weighted by atomic mass is 19.1. The largest absolute Gasteiger partial charge is 0.478 e. The summed E-state index contributed by atoms with van der Waals surface area (Å²) in [5.74, 6) is -1.49. The minimum Gasteiger partial charge on any atom is -0.478 e. The number of hydrogen-bond acceptors (Lipinski definition) is 2. The number of halogens is 1. The third-order valence-corrected chi connectivity index (χ3v) is 2.57. The molecule has 0 radical (unpaired) electrons. The van der Waals surface area contributed by atoms with E-state index in [0.29, 0.717) is 17.4 Å². The monoisotopic (exact) mass is 244 g/mol. The van der Waals surface area contributed by atoms with Crippen molar-refractivity contribution in [1.29, 1.82) is 0 Å². The van der Waals surface area contributed by atoms with Crippen LogP contribution in [0, 0.1) is 5.82 Å². The van der Waals surface area contributed by atoms with Gasteiger partial charge in [0.25, 0.3) is 0 Å². The molecule has 0 fully saturated rings. The number of carbonyl (C=O) groups is 2. The van der Waals surface area contributed by atoms with Crippen molar-refractivity contribution in [1.82, 2.24) is 0 Å². The number of carboxylic acids is 1. The van der Waals surface area contributed by atoms with E-state index in [-0.39, 0.29) is 11.1 Å². The Morgan fingerprint density at radius 3 is 2.33 bits per heavy atom. The van der Waals surface area contributed by atoms with Crippen molar-refractivity contribution in [2.45, 2.75) is 0 Å². The Balaban J connectivity index is 2.48. The predicted molar refractivity (Wildman–Crippen MR) is 64.2 cm³/mol. The summed E-state index contributed by atoms with van der Waals surface area (Å²) in [6.07, 6.45) is 0.633. The number of carbonyl (C=O) groups excluding carboxylic acids is 1. The second-order valence-electron chi connectivity index (χ2n) is 3.74. The maximum absolute atomic E-state index is 13.6. The average molecular weight is 244 g/mol. The van der Waals surface area contributed by atoms with Gasteiger partial charge in [-0.15, -0.1) is 0 Å². The first-order valence-corrected chi connectivity index (χ1v) is 5.20. The van der Waals surface area contributed by atoms with Gasteiger partial charge in [0.2, 0.25) is 0 Å². The van der Waals surface area contributed by atoms with Crippen molar-refractivity contribution in [3.63, 3.8) is 0 Å². The molecule has 0 heterocycles. The Labute approximate surface area is 103 Å². The Bertz CT molecular complexity index is 603. The van der Waals surface area contributed by atoms with Crippen LogP contribution in [0.25, 0.3) is 11.1 Å². The number of carboxylic acid groups (broad SMARTS) is 1. The Morgan fingerprint density at radius 1 is 1.11 bits per heavy atom. The summed E-state index contributed by atoms with van der Waals surface area (Å²) in [7, 11) is 0. The van der Waals surface area contributed by atoms with Gasteiger partial charge in [-0.3, -0.25) is 4.79 Å². The van der Waals surface area contributed by atoms with Gasteiger partial charge in [-0.1, -0.05) is 12.1 Å². The van der Waals surface area contributed by atoms with E-state index in [0.717, 1.165) is 0 Å². The molecule has 0 aromatic heterocycles. The van der Waals surface area contributed by atoms with Gasteiger partial charge >= 0.3 is 5.97 Å². The van der Waals surface area contributed by atoms with Crippen molar-refractivity contribution >= 4 is 12.3 Å². The van der Waals surface area contributed by atoms with E-state index in [2.05, 4.69) is 0 Å². The van der Waals surface area contributed by atoms with Gasteiger partial charge in [-0.2, -0.15) is 0 Å². The van der Waals surface area contributed by atoms with Crippen LogP contribution in [0.4, 0.5) is 4.39 Å². The molecule has 0 unspecified atom stereocenters. The van der Waals surface area contributed by atoms with Gasteiger partial charge in [0.15, 0.2) is 0 Å². The number of benzene rings is 2. The van der Waals surface area contributed by atoms with Gasteiger partial charge in [0.1, 0.15) is 12.1 Å². The van der Waals surface area contributed by atoms with Gasteiger partial charge in [0.05, 0.1) is 5.56 Å². The van der Waals surface area contributed by atoms with Crippen LogP contribution in [0.2, 0.25) is 0 Å². The fourth-order valence-corrected chi connectivity index (χ4v) is 1.63. The smallest absolute Gasteiger partial charge is 0.335 e. The van der Waals surface area contributed by atoms with Crippen molar-refractivity contribution in [3.8, 4) is 11.1 Å². The molecule has 2 aromatic rings. The van der Waals surface area contributed by atoms with E-state index >= 15 is 0 Å². The topological polar surface area (TPSA) is 54.4 Å². The molecular weight excluding hydrogens is 235 g/mol. The second-order valence-corrected chi connectivity index (χ2v) is 3.74. The maximum Gasteiger partial charge on any atom is 0.335 e. The second kappa shape index (κ2) is 4.79. The predicted octanol–water partition coefficient (Wildman–Crippen LogP) is 3.00. The van der Waals surface area contributed by atoms with Gasteiger partial charge < -0.3 is 5.11 Å². The lowest BCUT2D eigenvalue weighted by molar-refractivity contribution is 0.0696. The molecule has 0 saturated carbocycles. The average Bonchev–Trinajstić information content (AvgIpc) is 2.39. The number of aromatic carboxylic acids is 1. The third kappa shape index (κ3) is 2.27. The molecule has 0 aliphatic carbocycles. The summed E-state index contributed by atoms with van der Waals surface area (Å²) in [5.41, 5.74) is 1.30. The van der Waals surface area contributed by atoms with Gasteiger partial charge in [-0.25, -0.2) is 9.18 Å². The lowest BCUT2D eigenvalue weighted by Gasteiger charge is -2.04. The molecule has 0 spiro atoms. The van der Waals surface area contributed by atoms with E-state index < -0.39 is 11.8 Å². The van der Waals surface area contributed by atoms with E-state index in [9.17, 15) is 14.0 Å². The van der Waals surface area contributed by atoms with Crippen LogP contribution < -0.4 is 0 Å². The highest BCUT2D eigenvalue weighted by Crippen LogP contribution is 2.24. The van der Waals surface area contributed by atoms with Crippen molar-refractivity contribution in [2.24, 2.45) is 0 Å². The van der Waals surface area contributed by atoms with Crippen molar-refractivity contribution in [3.05, 3.63) is 59.4 Å². The van der Waals surface area contributed by atoms with E-state index in [4.69, 9.17) is 5.11 Å². The number of aldehydes is 1. The summed E-state index contributed by atoms with van der Waals surface area (Å²) in [5, 5.41) is 8.76. The fourth-order valence-electron chi connectivity index (χ4n) is 1.63. The molecule has 0 amide bonds. The van der Waals surface area contributed by atoms with Gasteiger partial charge in [-0.05, 0) is 35.9 Å². The van der Waals surface area contributed by atoms with Crippen LogP contribution in [0.1, 0.15) is 20.7 Å². The van der Waals surface area contributed by atoms with Crippen molar-refractivity contribution in [2.75, 3.05) is 0 Å². The number of rotatable bonds is 3. The summed E-state index contributed by atoms with van der Waals surface area (Å²) >= 11 is 0. The van der Waals surface area contributed by atoms with E-state index in [1.807, 2.05) is 0 Å².